The number of thioether (sulfide) groups is 1. The number of carbonyl (C=O) groups is 1. The van der Waals surface area contributed by atoms with Gasteiger partial charge in [0.25, 0.3) is 0 Å². The summed E-state index contributed by atoms with van der Waals surface area (Å²) < 4.78 is 12.8. The van der Waals surface area contributed by atoms with Gasteiger partial charge in [0.1, 0.15) is 23.0 Å². The molecule has 3 aromatic heterocycles. The van der Waals surface area contributed by atoms with Crippen molar-refractivity contribution in [2.75, 3.05) is 12.3 Å². The Morgan fingerprint density at radius 3 is 2.83 bits per heavy atom. The first-order valence-electron chi connectivity index (χ1n) is 9.47. The zero-order valence-corrected chi connectivity index (χ0v) is 17.5. The van der Waals surface area contributed by atoms with E-state index in [2.05, 4.69) is 31.7 Å². The van der Waals surface area contributed by atoms with Gasteiger partial charge in [-0.3, -0.25) is 0 Å². The maximum Gasteiger partial charge on any atom is 0.342 e. The molecule has 0 saturated carbocycles. The van der Waals surface area contributed by atoms with E-state index in [0.717, 1.165) is 11.7 Å². The predicted octanol–water partition coefficient (Wildman–Crippen LogP) is 3.83. The maximum absolute atomic E-state index is 12.2. The van der Waals surface area contributed by atoms with Gasteiger partial charge in [0, 0.05) is 18.9 Å². The van der Waals surface area contributed by atoms with Crippen LogP contribution < -0.4 is 5.73 Å². The molecule has 0 fully saturated rings. The van der Waals surface area contributed by atoms with E-state index in [-0.39, 0.29) is 23.7 Å². The molecule has 0 atom stereocenters. The molecule has 0 saturated heterocycles. The molecule has 154 valence electrons. The second-order valence-corrected chi connectivity index (χ2v) is 7.51. The minimum Gasteiger partial charge on any atom is -0.462 e. The molecule has 30 heavy (non-hydrogen) atoms. The number of nitrogens with zero attached hydrogens (tertiary/aromatic N) is 4. The van der Waals surface area contributed by atoms with Crippen LogP contribution in [0.25, 0.3) is 11.1 Å². The average Bonchev–Trinajstić information content (AvgIpc) is 3.30. The largest absolute Gasteiger partial charge is 0.462 e. The SMILES string of the molecule is CCOC(=O)c1c(C)oc2nc(CSc3nccn3Cc3ccccc3)nc(N)c12. The molecule has 0 aliphatic heterocycles. The fourth-order valence-corrected chi connectivity index (χ4v) is 3.98. The Hall–Kier alpha value is -3.33. The summed E-state index contributed by atoms with van der Waals surface area (Å²) >= 11 is 1.51. The summed E-state index contributed by atoms with van der Waals surface area (Å²) in [5.41, 5.74) is 7.89. The van der Waals surface area contributed by atoms with Crippen LogP contribution in [0.15, 0.2) is 52.3 Å². The first-order chi connectivity index (χ1) is 14.6. The second kappa shape index (κ2) is 8.58. The monoisotopic (exact) mass is 423 g/mol. The van der Waals surface area contributed by atoms with Gasteiger partial charge in [-0.2, -0.15) is 4.98 Å². The number of benzene rings is 1. The normalized spacial score (nSPS) is 11.1. The van der Waals surface area contributed by atoms with Gasteiger partial charge < -0.3 is 19.5 Å². The topological polar surface area (TPSA) is 109 Å². The lowest BCUT2D eigenvalue weighted by molar-refractivity contribution is 0.0526. The first kappa shape index (κ1) is 20.0. The number of hydrogen-bond acceptors (Lipinski definition) is 8. The summed E-state index contributed by atoms with van der Waals surface area (Å²) in [6.45, 7) is 4.41. The zero-order chi connectivity index (χ0) is 21.1. The Kier molecular flexibility index (Phi) is 5.71. The molecule has 0 amide bonds. The van der Waals surface area contributed by atoms with Crippen molar-refractivity contribution in [2.24, 2.45) is 0 Å². The molecule has 4 aromatic rings. The van der Waals surface area contributed by atoms with Gasteiger partial charge in [-0.1, -0.05) is 42.1 Å². The molecule has 2 N–H and O–H groups in total. The summed E-state index contributed by atoms with van der Waals surface area (Å²) in [6, 6.07) is 10.2. The first-order valence-corrected chi connectivity index (χ1v) is 10.5. The van der Waals surface area contributed by atoms with Crippen molar-refractivity contribution in [1.82, 2.24) is 19.5 Å². The molecule has 4 rings (SSSR count). The van der Waals surface area contributed by atoms with Gasteiger partial charge in [0.15, 0.2) is 5.16 Å². The number of carbonyl (C=O) groups excluding carboxylic acids is 1. The Balaban J connectivity index is 1.55. The van der Waals surface area contributed by atoms with Gasteiger partial charge in [-0.15, -0.1) is 0 Å². The number of anilines is 1. The molecule has 3 heterocycles. The number of fused-ring (bicyclic) bond motifs is 1. The third kappa shape index (κ3) is 4.02. The van der Waals surface area contributed by atoms with Crippen LogP contribution in [0.2, 0.25) is 0 Å². The lowest BCUT2D eigenvalue weighted by Gasteiger charge is -2.07. The predicted molar refractivity (Wildman–Crippen MR) is 114 cm³/mol. The Morgan fingerprint density at radius 1 is 1.27 bits per heavy atom. The van der Waals surface area contributed by atoms with Crippen molar-refractivity contribution < 1.29 is 13.9 Å². The minimum absolute atomic E-state index is 0.197. The van der Waals surface area contributed by atoms with E-state index in [1.807, 2.05) is 24.4 Å². The Morgan fingerprint density at radius 2 is 2.07 bits per heavy atom. The van der Waals surface area contributed by atoms with E-state index < -0.39 is 5.97 Å². The molecule has 0 spiro atoms. The molecule has 0 bridgehead atoms. The van der Waals surface area contributed by atoms with E-state index in [0.29, 0.717) is 22.7 Å². The van der Waals surface area contributed by atoms with E-state index in [4.69, 9.17) is 14.9 Å². The standard InChI is InChI=1S/C21H21N5O3S/c1-3-28-20(27)16-13(2)29-19-17(16)18(22)24-15(25-19)12-30-21-23-9-10-26(21)11-14-7-5-4-6-8-14/h4-10H,3,11-12H2,1-2H3,(H2,22,24,25). The van der Waals surface area contributed by atoms with Crippen LogP contribution >= 0.6 is 11.8 Å². The van der Waals surface area contributed by atoms with E-state index in [1.54, 1.807) is 20.0 Å². The maximum atomic E-state index is 12.2. The molecule has 1 aromatic carbocycles. The highest BCUT2D eigenvalue weighted by Gasteiger charge is 2.24. The van der Waals surface area contributed by atoms with Crippen molar-refractivity contribution in [2.45, 2.75) is 31.3 Å². The lowest BCUT2D eigenvalue weighted by atomic mass is 10.2. The summed E-state index contributed by atoms with van der Waals surface area (Å²) in [5, 5.41) is 1.24. The zero-order valence-electron chi connectivity index (χ0n) is 16.7. The second-order valence-electron chi connectivity index (χ2n) is 6.57. The van der Waals surface area contributed by atoms with Crippen molar-refractivity contribution in [3.05, 3.63) is 65.4 Å². The minimum atomic E-state index is -0.492. The van der Waals surface area contributed by atoms with Crippen LogP contribution in [0.4, 0.5) is 5.82 Å². The van der Waals surface area contributed by atoms with Gasteiger partial charge >= 0.3 is 5.97 Å². The molecule has 0 radical (unpaired) electrons. The summed E-state index contributed by atoms with van der Waals surface area (Å²) in [6.07, 6.45) is 3.71. The fraction of sp³-hybridized carbons (Fsp3) is 0.238. The van der Waals surface area contributed by atoms with Crippen molar-refractivity contribution in [3.63, 3.8) is 0 Å². The number of hydrogen-bond donors (Lipinski definition) is 1. The molecule has 8 nitrogen and oxygen atoms in total. The highest BCUT2D eigenvalue weighted by atomic mass is 32.2. The fourth-order valence-electron chi connectivity index (χ4n) is 3.16. The van der Waals surface area contributed by atoms with E-state index in [9.17, 15) is 4.79 Å². The number of ether oxygens (including phenoxy) is 1. The van der Waals surface area contributed by atoms with Gasteiger partial charge in [0.05, 0.1) is 17.7 Å². The quantitative estimate of drug-likeness (QED) is 0.353. The average molecular weight is 423 g/mol. The van der Waals surface area contributed by atoms with Gasteiger partial charge in [-0.25, -0.2) is 14.8 Å². The van der Waals surface area contributed by atoms with Crippen molar-refractivity contribution >= 4 is 34.6 Å². The summed E-state index contributed by atoms with van der Waals surface area (Å²) in [7, 11) is 0. The smallest absolute Gasteiger partial charge is 0.342 e. The van der Waals surface area contributed by atoms with E-state index in [1.165, 1.54) is 17.3 Å². The van der Waals surface area contributed by atoms with Crippen LogP contribution in [-0.4, -0.2) is 32.1 Å². The van der Waals surface area contributed by atoms with Crippen LogP contribution in [0.5, 0.6) is 0 Å². The molecule has 9 heteroatoms. The van der Waals surface area contributed by atoms with Crippen LogP contribution in [0, 0.1) is 6.92 Å². The molecule has 0 aliphatic rings. The van der Waals surface area contributed by atoms with Gasteiger partial charge in [0.2, 0.25) is 5.71 Å². The third-order valence-corrected chi connectivity index (χ3v) is 5.49. The number of aryl methyl sites for hydroxylation is 1. The molecular weight excluding hydrogens is 402 g/mol. The van der Waals surface area contributed by atoms with Gasteiger partial charge in [-0.05, 0) is 19.4 Å². The van der Waals surface area contributed by atoms with Crippen molar-refractivity contribution in [3.8, 4) is 0 Å². The van der Waals surface area contributed by atoms with Crippen molar-refractivity contribution in [1.29, 1.82) is 0 Å². The number of nitrogen functional groups attached to an aromatic ring is 1. The molecular formula is C21H21N5O3S. The highest BCUT2D eigenvalue weighted by molar-refractivity contribution is 7.98. The number of furan rings is 1. The molecule has 0 unspecified atom stereocenters. The van der Waals surface area contributed by atoms with Crippen LogP contribution in [0.3, 0.4) is 0 Å². The third-order valence-electron chi connectivity index (χ3n) is 4.48. The number of esters is 1. The van der Waals surface area contributed by atoms with Crippen LogP contribution in [0.1, 0.15) is 34.4 Å². The molecule has 0 aliphatic carbocycles. The number of aromatic nitrogens is 4. The Labute approximate surface area is 177 Å². The highest BCUT2D eigenvalue weighted by Crippen LogP contribution is 2.30. The van der Waals surface area contributed by atoms with Crippen LogP contribution in [-0.2, 0) is 17.0 Å². The number of rotatable bonds is 7. The number of nitrogens with two attached hydrogens (primary N) is 1. The Bertz CT molecular complexity index is 1190. The van der Waals surface area contributed by atoms with E-state index >= 15 is 0 Å². The number of imidazole rings is 1. The lowest BCUT2D eigenvalue weighted by Crippen LogP contribution is -2.07. The summed E-state index contributed by atoms with van der Waals surface area (Å²) in [4.78, 5) is 25.5. The summed E-state index contributed by atoms with van der Waals surface area (Å²) in [5.74, 6) is 1.08.